The van der Waals surface area contributed by atoms with Gasteiger partial charge in [-0.05, 0) is 6.92 Å². The fourth-order valence-corrected chi connectivity index (χ4v) is 1.48. The van der Waals surface area contributed by atoms with Crippen LogP contribution in [0.1, 0.15) is 6.92 Å². The van der Waals surface area contributed by atoms with Crippen LogP contribution in [0.2, 0.25) is 0 Å². The number of hydrogen-bond acceptors (Lipinski definition) is 4. The second-order valence-electron chi connectivity index (χ2n) is 2.04. The van der Waals surface area contributed by atoms with E-state index in [1.807, 2.05) is 0 Å². The van der Waals surface area contributed by atoms with Gasteiger partial charge in [0.1, 0.15) is 0 Å². The lowest BCUT2D eigenvalue weighted by Crippen LogP contribution is -2.29. The molecule has 0 bridgehead atoms. The van der Waals surface area contributed by atoms with Gasteiger partial charge in [-0.15, -0.1) is 0 Å². The number of hydrogen-bond donors (Lipinski definition) is 5. The lowest BCUT2D eigenvalue weighted by molar-refractivity contribution is -0.205. The van der Waals surface area contributed by atoms with Crippen molar-refractivity contribution >= 4 is 15.2 Å². The van der Waals surface area contributed by atoms with Crippen LogP contribution in [0.4, 0.5) is 0 Å². The summed E-state index contributed by atoms with van der Waals surface area (Å²) in [4.78, 5) is 34.7. The molecule has 0 amide bonds. The van der Waals surface area contributed by atoms with Crippen molar-refractivity contribution in [2.75, 3.05) is 0 Å². The first kappa shape index (κ1) is 14.7. The minimum absolute atomic E-state index is 0. The van der Waals surface area contributed by atoms with Gasteiger partial charge in [0.25, 0.3) is 0 Å². The van der Waals surface area contributed by atoms with Gasteiger partial charge < -0.3 is 35.4 Å². The van der Waals surface area contributed by atoms with Crippen molar-refractivity contribution in [3.05, 3.63) is 0 Å². The Bertz CT molecular complexity index is 212. The average Bonchev–Trinajstić information content (AvgIpc) is 1.58. The first-order valence-electron chi connectivity index (χ1n) is 2.32. The summed E-state index contributed by atoms with van der Waals surface area (Å²) in [7, 11) is -10.7. The molecule has 0 saturated heterocycles. The molecule has 76 valence electrons. The van der Waals surface area contributed by atoms with E-state index in [4.69, 9.17) is 19.8 Å². The van der Waals surface area contributed by atoms with Crippen LogP contribution in [0.15, 0.2) is 0 Å². The smallest absolute Gasteiger partial charge is 0.365 e. The number of aliphatic hydroxyl groups is 1. The van der Waals surface area contributed by atoms with Crippen molar-refractivity contribution in [3.8, 4) is 0 Å². The van der Waals surface area contributed by atoms with Crippen molar-refractivity contribution in [3.63, 3.8) is 0 Å². The Kier molecular flexibility index (Phi) is 4.33. The molecule has 0 aliphatic carbocycles. The first-order valence-corrected chi connectivity index (χ1v) is 5.51. The van der Waals surface area contributed by atoms with Gasteiger partial charge >= 0.3 is 7.60 Å². The summed E-state index contributed by atoms with van der Waals surface area (Å²) < 4.78 is 20.4. The zero-order valence-corrected chi connectivity index (χ0v) is 8.20. The van der Waals surface area contributed by atoms with Gasteiger partial charge in [0.05, 0.1) is 0 Å². The molecule has 2 unspecified atom stereocenters. The summed E-state index contributed by atoms with van der Waals surface area (Å²) in [6, 6.07) is 0. The third-order valence-corrected chi connectivity index (χ3v) is 4.80. The van der Waals surface area contributed by atoms with E-state index in [-0.39, 0.29) is 6.15 Å². The van der Waals surface area contributed by atoms with E-state index < -0.39 is 20.3 Å². The maximum Gasteiger partial charge on any atom is 0.365 e. The molecule has 0 heterocycles. The molecule has 0 aliphatic rings. The second-order valence-corrected chi connectivity index (χ2v) is 6.26. The normalized spacial score (nSPS) is 21.8. The summed E-state index contributed by atoms with van der Waals surface area (Å²) in [5.41, 5.74) is 0. The Balaban J connectivity index is 0. The second kappa shape index (κ2) is 3.53. The highest BCUT2D eigenvalue weighted by atomic mass is 31.2. The SMILES string of the molecule is CC(O)(P(=O)([O-])O)P(=O)(O)O.[NH4+]. The highest BCUT2D eigenvalue weighted by Crippen LogP contribution is 2.64. The van der Waals surface area contributed by atoms with Crippen molar-refractivity contribution in [1.82, 2.24) is 6.15 Å². The lowest BCUT2D eigenvalue weighted by Gasteiger charge is -2.32. The van der Waals surface area contributed by atoms with E-state index in [1.165, 1.54) is 0 Å². The van der Waals surface area contributed by atoms with Gasteiger partial charge in [-0.1, -0.05) is 0 Å². The van der Waals surface area contributed by atoms with Gasteiger partial charge in [-0.25, -0.2) is 0 Å². The molecule has 8 nitrogen and oxygen atoms in total. The summed E-state index contributed by atoms with van der Waals surface area (Å²) in [5, 5.41) is 5.20. The molecule has 8 N–H and O–H groups in total. The standard InChI is InChI=1S/C2H8O7P2.H3N/c1-2(3,10(4,5)6)11(7,8)9;/h3H,1H3,(H2,4,5,6)(H2,7,8,9);1H3. The molecule has 0 spiro atoms. The van der Waals surface area contributed by atoms with E-state index in [0.29, 0.717) is 6.92 Å². The van der Waals surface area contributed by atoms with Crippen molar-refractivity contribution in [2.45, 2.75) is 12.0 Å². The molecular weight excluding hydrogens is 212 g/mol. The largest absolute Gasteiger partial charge is 0.776 e. The predicted molar refractivity (Wildman–Crippen MR) is 38.5 cm³/mol. The Morgan fingerprint density at radius 2 is 1.50 bits per heavy atom. The van der Waals surface area contributed by atoms with Crippen molar-refractivity contribution < 1.29 is 33.8 Å². The Labute approximate surface area is 68.1 Å². The van der Waals surface area contributed by atoms with Crippen molar-refractivity contribution in [2.24, 2.45) is 0 Å². The van der Waals surface area contributed by atoms with Gasteiger partial charge in [0.2, 0.25) is 5.08 Å². The Hall–Kier alpha value is 0.220. The predicted octanol–water partition coefficient (Wildman–Crippen LogP) is -1.25. The molecule has 0 aliphatic heterocycles. The van der Waals surface area contributed by atoms with Crippen LogP contribution >= 0.6 is 15.2 Å². The maximum atomic E-state index is 10.2. The minimum atomic E-state index is -5.45. The van der Waals surface area contributed by atoms with E-state index in [1.54, 1.807) is 0 Å². The Morgan fingerprint density at radius 3 is 1.50 bits per heavy atom. The zero-order chi connectivity index (χ0) is 9.50. The van der Waals surface area contributed by atoms with E-state index in [9.17, 15) is 14.0 Å². The van der Waals surface area contributed by atoms with Crippen LogP contribution in [-0.4, -0.2) is 24.9 Å². The molecule has 0 aromatic rings. The van der Waals surface area contributed by atoms with E-state index in [2.05, 4.69) is 0 Å². The summed E-state index contributed by atoms with van der Waals surface area (Å²) in [6.07, 6.45) is 0. The maximum absolute atomic E-state index is 10.2. The van der Waals surface area contributed by atoms with E-state index >= 15 is 0 Å². The number of rotatable bonds is 2. The molecule has 0 radical (unpaired) electrons. The number of quaternary nitrogens is 1. The van der Waals surface area contributed by atoms with Crippen LogP contribution in [0.5, 0.6) is 0 Å². The molecule has 0 saturated carbocycles. The highest BCUT2D eigenvalue weighted by molar-refractivity contribution is 7.71. The van der Waals surface area contributed by atoms with Crippen LogP contribution in [0, 0.1) is 0 Å². The van der Waals surface area contributed by atoms with Gasteiger partial charge in [-0.3, -0.25) is 4.57 Å². The van der Waals surface area contributed by atoms with Crippen LogP contribution in [-0.2, 0) is 9.13 Å². The summed E-state index contributed by atoms with van der Waals surface area (Å²) in [5.74, 6) is 0. The highest BCUT2D eigenvalue weighted by Gasteiger charge is 2.48. The third-order valence-electron chi connectivity index (χ3n) is 1.09. The minimum Gasteiger partial charge on any atom is -0.776 e. The fraction of sp³-hybridized carbons (Fsp3) is 1.00. The zero-order valence-electron chi connectivity index (χ0n) is 6.41. The van der Waals surface area contributed by atoms with Crippen molar-refractivity contribution in [1.29, 1.82) is 0 Å². The van der Waals surface area contributed by atoms with Crippen LogP contribution in [0.25, 0.3) is 0 Å². The van der Waals surface area contributed by atoms with Gasteiger partial charge in [0, 0.05) is 0 Å². The molecule has 2 atom stereocenters. The van der Waals surface area contributed by atoms with Crippen LogP contribution < -0.4 is 11.0 Å². The summed E-state index contributed by atoms with van der Waals surface area (Å²) in [6.45, 7) is 0.321. The topological polar surface area (TPSA) is 175 Å². The van der Waals surface area contributed by atoms with Gasteiger partial charge in [-0.2, -0.15) is 0 Å². The molecular formula is C2H11NO7P2. The average molecular weight is 223 g/mol. The molecule has 0 rings (SSSR count). The van der Waals surface area contributed by atoms with E-state index in [0.717, 1.165) is 0 Å². The Morgan fingerprint density at radius 1 is 1.25 bits per heavy atom. The first-order chi connectivity index (χ1) is 4.50. The van der Waals surface area contributed by atoms with Gasteiger partial charge in [0.15, 0.2) is 7.60 Å². The summed E-state index contributed by atoms with van der Waals surface area (Å²) >= 11 is 0. The molecule has 0 aromatic heterocycles. The fourth-order valence-electron chi connectivity index (χ4n) is 0.165. The van der Waals surface area contributed by atoms with Crippen LogP contribution in [0.3, 0.4) is 0 Å². The molecule has 0 fully saturated rings. The molecule has 10 heteroatoms. The lowest BCUT2D eigenvalue weighted by atomic mass is 10.9. The molecule has 12 heavy (non-hydrogen) atoms. The molecule has 0 aromatic carbocycles. The monoisotopic (exact) mass is 223 g/mol. The third kappa shape index (κ3) is 2.62. The quantitative estimate of drug-likeness (QED) is 0.363.